The molecule has 0 spiro atoms. The molecule has 1 amide bonds. The number of nitrogens with one attached hydrogen (secondary N) is 2. The molecule has 2 aromatic rings. The van der Waals surface area contributed by atoms with Crippen LogP contribution in [0.2, 0.25) is 0 Å². The van der Waals surface area contributed by atoms with Gasteiger partial charge in [0.15, 0.2) is 0 Å². The number of rotatable bonds is 9. The van der Waals surface area contributed by atoms with Gasteiger partial charge in [0.1, 0.15) is 18.3 Å². The van der Waals surface area contributed by atoms with Gasteiger partial charge in [0.2, 0.25) is 5.91 Å². The third-order valence-corrected chi connectivity index (χ3v) is 5.52. The average molecular weight is 454 g/mol. The zero-order valence-electron chi connectivity index (χ0n) is 19.5. The van der Waals surface area contributed by atoms with Gasteiger partial charge in [-0.25, -0.2) is 14.4 Å². The Balaban J connectivity index is 1.74. The maximum absolute atomic E-state index is 12.7. The molecule has 0 unspecified atom stereocenters. The van der Waals surface area contributed by atoms with Crippen LogP contribution in [0.15, 0.2) is 46.5 Å². The molecule has 0 atom stereocenters. The van der Waals surface area contributed by atoms with Gasteiger partial charge in [0, 0.05) is 36.3 Å². The molecule has 0 bridgehead atoms. The van der Waals surface area contributed by atoms with Crippen molar-refractivity contribution in [3.63, 3.8) is 0 Å². The van der Waals surface area contributed by atoms with Crippen LogP contribution in [0, 0.1) is 5.92 Å². The fourth-order valence-corrected chi connectivity index (χ4v) is 3.79. The standard InChI is InChI=1S/C24H32FN7O/c1-16(2)29-23(15-26-4)30-17(3)21-11-19-12-22(28-14-20(19)13-27-21)31-24(33)18-5-8-32(9-6-18)10-7-25/h11-16,18,29H,4-10H2,1-3H3,(H,28,31,33)/b23-15-,30-17+. The molecule has 0 aliphatic carbocycles. The second-order valence-electron chi connectivity index (χ2n) is 8.47. The van der Waals surface area contributed by atoms with Gasteiger partial charge in [-0.15, -0.1) is 0 Å². The summed E-state index contributed by atoms with van der Waals surface area (Å²) in [5.74, 6) is 0.987. The van der Waals surface area contributed by atoms with E-state index >= 15 is 0 Å². The van der Waals surface area contributed by atoms with Crippen molar-refractivity contribution in [2.24, 2.45) is 15.9 Å². The first-order chi connectivity index (χ1) is 15.9. The molecule has 1 aliphatic heterocycles. The normalized spacial score (nSPS) is 16.3. The quantitative estimate of drug-likeness (QED) is 0.566. The van der Waals surface area contributed by atoms with Crippen molar-refractivity contribution in [1.82, 2.24) is 20.2 Å². The van der Waals surface area contributed by atoms with Crippen molar-refractivity contribution in [2.75, 3.05) is 31.6 Å². The summed E-state index contributed by atoms with van der Waals surface area (Å²) >= 11 is 0. The molecular weight excluding hydrogens is 421 g/mol. The van der Waals surface area contributed by atoms with Gasteiger partial charge in [-0.05, 0) is 70.9 Å². The number of alkyl halides is 1. The number of amides is 1. The topological polar surface area (TPSA) is 94.9 Å². The molecule has 2 aromatic heterocycles. The first kappa shape index (κ1) is 24.4. The number of carbonyl (C=O) groups is 1. The summed E-state index contributed by atoms with van der Waals surface area (Å²) in [5.41, 5.74) is 1.44. The van der Waals surface area contributed by atoms with E-state index in [-0.39, 0.29) is 24.5 Å². The second kappa shape index (κ2) is 11.6. The van der Waals surface area contributed by atoms with Crippen LogP contribution in [-0.4, -0.2) is 65.6 Å². The molecular formula is C24H32FN7O. The lowest BCUT2D eigenvalue weighted by Crippen LogP contribution is -2.39. The Morgan fingerprint density at radius 1 is 1.27 bits per heavy atom. The van der Waals surface area contributed by atoms with Crippen LogP contribution >= 0.6 is 0 Å². The highest BCUT2D eigenvalue weighted by molar-refractivity contribution is 6.01. The lowest BCUT2D eigenvalue weighted by atomic mass is 9.96. The number of halogens is 1. The number of likely N-dealkylation sites (tertiary alicyclic amines) is 1. The number of piperidine rings is 1. The number of fused-ring (bicyclic) bond motifs is 1. The summed E-state index contributed by atoms with van der Waals surface area (Å²) in [6.07, 6.45) is 6.47. The van der Waals surface area contributed by atoms with E-state index in [1.54, 1.807) is 18.6 Å². The Morgan fingerprint density at radius 3 is 2.67 bits per heavy atom. The summed E-state index contributed by atoms with van der Waals surface area (Å²) in [5, 5.41) is 7.93. The number of nitrogens with zero attached hydrogens (tertiary/aromatic N) is 5. The lowest BCUT2D eigenvalue weighted by Gasteiger charge is -2.30. The minimum atomic E-state index is -0.351. The van der Waals surface area contributed by atoms with Crippen molar-refractivity contribution < 1.29 is 9.18 Å². The van der Waals surface area contributed by atoms with Crippen LogP contribution in [0.5, 0.6) is 0 Å². The van der Waals surface area contributed by atoms with E-state index in [2.05, 4.69) is 42.2 Å². The molecule has 176 valence electrons. The van der Waals surface area contributed by atoms with E-state index < -0.39 is 0 Å². The number of hydrogen-bond donors (Lipinski definition) is 2. The van der Waals surface area contributed by atoms with E-state index in [0.717, 1.165) is 42.4 Å². The van der Waals surface area contributed by atoms with Gasteiger partial charge in [-0.3, -0.25) is 14.8 Å². The third-order valence-electron chi connectivity index (χ3n) is 5.52. The highest BCUT2D eigenvalue weighted by Crippen LogP contribution is 2.21. The van der Waals surface area contributed by atoms with Crippen molar-refractivity contribution in [1.29, 1.82) is 0 Å². The third kappa shape index (κ3) is 6.89. The van der Waals surface area contributed by atoms with E-state index in [1.807, 2.05) is 32.9 Å². The van der Waals surface area contributed by atoms with E-state index in [0.29, 0.717) is 23.9 Å². The molecule has 33 heavy (non-hydrogen) atoms. The average Bonchev–Trinajstić information content (AvgIpc) is 2.79. The first-order valence-corrected chi connectivity index (χ1v) is 11.2. The smallest absolute Gasteiger partial charge is 0.228 e. The summed E-state index contributed by atoms with van der Waals surface area (Å²) in [6, 6.07) is 3.97. The number of carbonyl (C=O) groups excluding carboxylic acids is 1. The van der Waals surface area contributed by atoms with Crippen molar-refractivity contribution in [3.8, 4) is 0 Å². The largest absolute Gasteiger partial charge is 0.367 e. The van der Waals surface area contributed by atoms with Gasteiger partial charge in [0.05, 0.1) is 17.6 Å². The number of aromatic nitrogens is 2. The highest BCUT2D eigenvalue weighted by Gasteiger charge is 2.25. The minimum Gasteiger partial charge on any atom is -0.367 e. The zero-order valence-corrected chi connectivity index (χ0v) is 19.5. The van der Waals surface area contributed by atoms with Crippen molar-refractivity contribution in [2.45, 2.75) is 39.7 Å². The van der Waals surface area contributed by atoms with E-state index in [1.165, 1.54) is 0 Å². The summed E-state index contributed by atoms with van der Waals surface area (Å²) in [4.78, 5) is 32.0. The van der Waals surface area contributed by atoms with Crippen LogP contribution in [0.25, 0.3) is 10.8 Å². The first-order valence-electron chi connectivity index (χ1n) is 11.2. The SMILES string of the molecule is C=N/C=C(\N=C(/C)c1cc2cc(NC(=O)C3CCN(CCF)CC3)ncc2cn1)NC(C)C. The van der Waals surface area contributed by atoms with Crippen LogP contribution in [0.3, 0.4) is 0 Å². The second-order valence-corrected chi connectivity index (χ2v) is 8.47. The molecule has 1 fully saturated rings. The summed E-state index contributed by atoms with van der Waals surface area (Å²) < 4.78 is 12.5. The van der Waals surface area contributed by atoms with E-state index in [9.17, 15) is 9.18 Å². The Hall–Kier alpha value is -3.20. The molecule has 8 nitrogen and oxygen atoms in total. The molecule has 0 saturated carbocycles. The Bertz CT molecular complexity index is 1040. The molecule has 3 rings (SSSR count). The Kier molecular flexibility index (Phi) is 8.59. The van der Waals surface area contributed by atoms with Crippen molar-refractivity contribution in [3.05, 3.63) is 42.2 Å². The fourth-order valence-electron chi connectivity index (χ4n) is 3.79. The predicted octanol–water partition coefficient (Wildman–Crippen LogP) is 3.56. The maximum Gasteiger partial charge on any atom is 0.228 e. The van der Waals surface area contributed by atoms with Crippen LogP contribution in [-0.2, 0) is 4.79 Å². The lowest BCUT2D eigenvalue weighted by molar-refractivity contribution is -0.121. The van der Waals surface area contributed by atoms with Crippen LogP contribution < -0.4 is 10.6 Å². The van der Waals surface area contributed by atoms with Crippen LogP contribution in [0.1, 0.15) is 39.3 Å². The van der Waals surface area contributed by atoms with E-state index in [4.69, 9.17) is 0 Å². The fraction of sp³-hybridized carbons (Fsp3) is 0.458. The molecule has 9 heteroatoms. The van der Waals surface area contributed by atoms with Gasteiger partial charge < -0.3 is 15.5 Å². The number of anilines is 1. The van der Waals surface area contributed by atoms with Gasteiger partial charge in [0.25, 0.3) is 0 Å². The summed E-state index contributed by atoms with van der Waals surface area (Å²) in [6.45, 7) is 11.0. The minimum absolute atomic E-state index is 0.0414. The number of pyridine rings is 2. The van der Waals surface area contributed by atoms with Gasteiger partial charge in [-0.1, -0.05) is 0 Å². The van der Waals surface area contributed by atoms with Gasteiger partial charge in [-0.2, -0.15) is 0 Å². The van der Waals surface area contributed by atoms with Crippen LogP contribution in [0.4, 0.5) is 10.2 Å². The Labute approximate surface area is 194 Å². The molecule has 0 radical (unpaired) electrons. The molecule has 2 N–H and O–H groups in total. The monoisotopic (exact) mass is 453 g/mol. The Morgan fingerprint density at radius 2 is 2.00 bits per heavy atom. The van der Waals surface area contributed by atoms with Gasteiger partial charge >= 0.3 is 0 Å². The highest BCUT2D eigenvalue weighted by atomic mass is 19.1. The number of aliphatic imine (C=N–C) groups is 2. The molecule has 1 aliphatic rings. The number of hydrogen-bond acceptors (Lipinski definition) is 7. The van der Waals surface area contributed by atoms with Crippen molar-refractivity contribution >= 4 is 34.9 Å². The maximum atomic E-state index is 12.7. The zero-order chi connectivity index (χ0) is 23.8. The predicted molar refractivity (Wildman–Crippen MR) is 131 cm³/mol. The molecule has 3 heterocycles. The summed E-state index contributed by atoms with van der Waals surface area (Å²) in [7, 11) is 0. The molecule has 1 saturated heterocycles. The molecule has 0 aromatic carbocycles.